The van der Waals surface area contributed by atoms with E-state index in [-0.39, 0.29) is 12.3 Å². The number of nitrogens with zero attached hydrogens (tertiary/aromatic N) is 2. The summed E-state index contributed by atoms with van der Waals surface area (Å²) in [6, 6.07) is 16.8. The Hall–Kier alpha value is -3.61. The van der Waals surface area contributed by atoms with Gasteiger partial charge < -0.3 is 14.8 Å². The van der Waals surface area contributed by atoms with E-state index in [2.05, 4.69) is 10.4 Å². The van der Waals surface area contributed by atoms with E-state index >= 15 is 0 Å². The van der Waals surface area contributed by atoms with Crippen molar-refractivity contribution in [2.24, 2.45) is 0 Å². The predicted octanol–water partition coefficient (Wildman–Crippen LogP) is 4.00. The monoisotopic (exact) mass is 421 g/mol. The number of benzene rings is 2. The van der Waals surface area contributed by atoms with Crippen LogP contribution in [0.1, 0.15) is 30.3 Å². The number of rotatable bonds is 8. The summed E-state index contributed by atoms with van der Waals surface area (Å²) in [7, 11) is 1.57. The van der Waals surface area contributed by atoms with E-state index in [1.807, 2.05) is 48.9 Å². The molecule has 0 aliphatic carbocycles. The molecule has 0 spiro atoms. The lowest BCUT2D eigenvalue weighted by Crippen LogP contribution is -2.30. The molecule has 0 unspecified atom stereocenters. The number of methoxy groups -OCH3 is 1. The van der Waals surface area contributed by atoms with Gasteiger partial charge in [-0.3, -0.25) is 9.59 Å². The Morgan fingerprint density at radius 3 is 2.39 bits per heavy atom. The lowest BCUT2D eigenvalue weighted by atomic mass is 10.1. The second-order valence-electron chi connectivity index (χ2n) is 7.25. The molecule has 1 N–H and O–H groups in total. The average Bonchev–Trinajstić information content (AvgIpc) is 3.06. The molecule has 31 heavy (non-hydrogen) atoms. The van der Waals surface area contributed by atoms with E-state index in [4.69, 9.17) is 9.47 Å². The normalized spacial score (nSPS) is 11.6. The van der Waals surface area contributed by atoms with Gasteiger partial charge in [0.15, 0.2) is 6.10 Å². The minimum Gasteiger partial charge on any atom is -0.497 e. The molecule has 162 valence electrons. The molecule has 0 bridgehead atoms. The number of carbonyl (C=O) groups excluding carboxylic acids is 2. The first kappa shape index (κ1) is 22.1. The van der Waals surface area contributed by atoms with Crippen LogP contribution < -0.4 is 10.1 Å². The Kier molecular flexibility index (Phi) is 7.07. The van der Waals surface area contributed by atoms with Crippen LogP contribution in [-0.4, -0.2) is 34.9 Å². The first-order valence-corrected chi connectivity index (χ1v) is 10.1. The van der Waals surface area contributed by atoms with E-state index in [1.54, 1.807) is 38.3 Å². The van der Waals surface area contributed by atoms with Crippen molar-refractivity contribution < 1.29 is 19.1 Å². The topological polar surface area (TPSA) is 82.4 Å². The standard InChI is InChI=1S/C24H27N3O4/c1-16-22(17(2)27(26-16)20-8-6-5-7-9-20)14-15-23(28)31-18(3)24(29)25-19-10-12-21(30-4)13-11-19/h5-13,18H,14-15H2,1-4H3,(H,25,29)/t18-/m1/s1. The van der Waals surface area contributed by atoms with E-state index in [0.29, 0.717) is 17.9 Å². The van der Waals surface area contributed by atoms with Crippen LogP contribution in [0.3, 0.4) is 0 Å². The molecule has 1 atom stereocenters. The molecule has 1 amide bonds. The molecule has 3 aromatic rings. The minimum atomic E-state index is -0.899. The van der Waals surface area contributed by atoms with Gasteiger partial charge in [-0.25, -0.2) is 4.68 Å². The molecule has 7 nitrogen and oxygen atoms in total. The van der Waals surface area contributed by atoms with Gasteiger partial charge in [0, 0.05) is 17.8 Å². The molecule has 0 saturated heterocycles. The number of esters is 1. The van der Waals surface area contributed by atoms with Gasteiger partial charge in [-0.2, -0.15) is 5.10 Å². The van der Waals surface area contributed by atoms with Gasteiger partial charge in [-0.15, -0.1) is 0 Å². The highest BCUT2D eigenvalue weighted by Gasteiger charge is 2.19. The van der Waals surface area contributed by atoms with Crippen molar-refractivity contribution in [1.82, 2.24) is 9.78 Å². The second kappa shape index (κ2) is 9.93. The lowest BCUT2D eigenvalue weighted by molar-refractivity contribution is -0.153. The zero-order chi connectivity index (χ0) is 22.4. The zero-order valence-electron chi connectivity index (χ0n) is 18.2. The van der Waals surface area contributed by atoms with E-state index in [9.17, 15) is 9.59 Å². The van der Waals surface area contributed by atoms with Crippen LogP contribution in [0.4, 0.5) is 5.69 Å². The van der Waals surface area contributed by atoms with Crippen LogP contribution in [0.2, 0.25) is 0 Å². The summed E-state index contributed by atoms with van der Waals surface area (Å²) in [5.74, 6) is -0.120. The summed E-state index contributed by atoms with van der Waals surface area (Å²) in [6.07, 6.45) is -0.234. The molecule has 7 heteroatoms. The highest BCUT2D eigenvalue weighted by atomic mass is 16.5. The first-order chi connectivity index (χ1) is 14.9. The van der Waals surface area contributed by atoms with Crippen molar-refractivity contribution in [1.29, 1.82) is 0 Å². The summed E-state index contributed by atoms with van der Waals surface area (Å²) in [4.78, 5) is 24.6. The summed E-state index contributed by atoms with van der Waals surface area (Å²) in [5.41, 5.74) is 4.45. The number of amides is 1. The lowest BCUT2D eigenvalue weighted by Gasteiger charge is -2.14. The number of hydrogen-bond donors (Lipinski definition) is 1. The van der Waals surface area contributed by atoms with Crippen LogP contribution in [0.25, 0.3) is 5.69 Å². The third-order valence-electron chi connectivity index (χ3n) is 5.06. The van der Waals surface area contributed by atoms with Crippen LogP contribution in [0.15, 0.2) is 54.6 Å². The molecule has 0 aliphatic heterocycles. The third kappa shape index (κ3) is 5.51. The van der Waals surface area contributed by atoms with Gasteiger partial charge in [0.05, 0.1) is 18.5 Å². The number of aromatic nitrogens is 2. The van der Waals surface area contributed by atoms with Crippen LogP contribution in [0, 0.1) is 13.8 Å². The quantitative estimate of drug-likeness (QED) is 0.556. The van der Waals surface area contributed by atoms with E-state index in [0.717, 1.165) is 22.6 Å². The van der Waals surface area contributed by atoms with Gasteiger partial charge in [-0.1, -0.05) is 18.2 Å². The maximum absolute atomic E-state index is 12.3. The Labute approximate surface area is 182 Å². The van der Waals surface area contributed by atoms with Gasteiger partial charge >= 0.3 is 5.97 Å². The minimum absolute atomic E-state index is 0.169. The largest absolute Gasteiger partial charge is 0.497 e. The van der Waals surface area contributed by atoms with Crippen molar-refractivity contribution in [3.8, 4) is 11.4 Å². The van der Waals surface area contributed by atoms with E-state index < -0.39 is 12.1 Å². The fourth-order valence-electron chi connectivity index (χ4n) is 3.31. The predicted molar refractivity (Wildman–Crippen MR) is 119 cm³/mol. The molecule has 0 fully saturated rings. The van der Waals surface area contributed by atoms with Gasteiger partial charge in [-0.05, 0) is 69.2 Å². The number of ether oxygens (including phenoxy) is 2. The summed E-state index contributed by atoms with van der Waals surface area (Å²) in [5, 5.41) is 7.33. The highest BCUT2D eigenvalue weighted by molar-refractivity contribution is 5.95. The molecule has 3 rings (SSSR count). The molecular formula is C24H27N3O4. The number of para-hydroxylation sites is 1. The molecule has 1 heterocycles. The van der Waals surface area contributed by atoms with Gasteiger partial charge in [0.2, 0.25) is 0 Å². The average molecular weight is 421 g/mol. The Morgan fingerprint density at radius 2 is 1.74 bits per heavy atom. The number of aryl methyl sites for hydroxylation is 1. The van der Waals surface area contributed by atoms with Gasteiger partial charge in [0.25, 0.3) is 5.91 Å². The van der Waals surface area contributed by atoms with Crippen molar-refractivity contribution in [3.63, 3.8) is 0 Å². The molecule has 2 aromatic carbocycles. The molecule has 1 aromatic heterocycles. The first-order valence-electron chi connectivity index (χ1n) is 10.1. The maximum Gasteiger partial charge on any atom is 0.306 e. The fourth-order valence-corrected chi connectivity index (χ4v) is 3.31. The number of anilines is 1. The molecule has 0 saturated carbocycles. The molecular weight excluding hydrogens is 394 g/mol. The Balaban J connectivity index is 1.55. The van der Waals surface area contributed by atoms with Crippen molar-refractivity contribution in [2.45, 2.75) is 39.7 Å². The van der Waals surface area contributed by atoms with Crippen LogP contribution in [-0.2, 0) is 20.7 Å². The number of nitrogens with one attached hydrogen (secondary N) is 1. The van der Waals surface area contributed by atoms with Crippen molar-refractivity contribution >= 4 is 17.6 Å². The van der Waals surface area contributed by atoms with Crippen molar-refractivity contribution in [2.75, 3.05) is 12.4 Å². The SMILES string of the molecule is COc1ccc(NC(=O)[C@@H](C)OC(=O)CCc2c(C)nn(-c3ccccc3)c2C)cc1. The maximum atomic E-state index is 12.3. The summed E-state index contributed by atoms with van der Waals surface area (Å²) < 4.78 is 12.3. The third-order valence-corrected chi connectivity index (χ3v) is 5.06. The van der Waals surface area contributed by atoms with Crippen LogP contribution in [0.5, 0.6) is 5.75 Å². The second-order valence-corrected chi connectivity index (χ2v) is 7.25. The molecule has 0 aliphatic rings. The summed E-state index contributed by atoms with van der Waals surface area (Å²) >= 11 is 0. The smallest absolute Gasteiger partial charge is 0.306 e. The van der Waals surface area contributed by atoms with E-state index in [1.165, 1.54) is 0 Å². The fraction of sp³-hybridized carbons (Fsp3) is 0.292. The van der Waals surface area contributed by atoms with Crippen molar-refractivity contribution in [3.05, 3.63) is 71.5 Å². The summed E-state index contributed by atoms with van der Waals surface area (Å²) in [6.45, 7) is 5.47. The van der Waals surface area contributed by atoms with Crippen LogP contribution >= 0.6 is 0 Å². The number of hydrogen-bond acceptors (Lipinski definition) is 5. The Bertz CT molecular complexity index is 1040. The Morgan fingerprint density at radius 1 is 1.06 bits per heavy atom. The number of carbonyl (C=O) groups is 2. The highest BCUT2D eigenvalue weighted by Crippen LogP contribution is 2.20. The van der Waals surface area contributed by atoms with Gasteiger partial charge in [0.1, 0.15) is 5.75 Å². The molecule has 0 radical (unpaired) electrons. The zero-order valence-corrected chi connectivity index (χ0v) is 18.2.